The van der Waals surface area contributed by atoms with Gasteiger partial charge in [0.05, 0.1) is 12.1 Å². The Kier molecular flexibility index (Phi) is 5.31. The molecule has 1 rings (SSSR count). The molecule has 1 aromatic carbocycles. The van der Waals surface area contributed by atoms with Crippen LogP contribution in [0.15, 0.2) is 24.3 Å². The summed E-state index contributed by atoms with van der Waals surface area (Å²) in [5, 5.41) is 11.2. The van der Waals surface area contributed by atoms with E-state index in [1.54, 1.807) is 0 Å². The van der Waals surface area contributed by atoms with Crippen LogP contribution in [-0.4, -0.2) is 41.5 Å². The van der Waals surface area contributed by atoms with Gasteiger partial charge in [0, 0.05) is 5.69 Å². The minimum absolute atomic E-state index is 0.186. The van der Waals surface area contributed by atoms with Gasteiger partial charge in [-0.3, -0.25) is 14.5 Å². The van der Waals surface area contributed by atoms with E-state index in [1.165, 1.54) is 18.9 Å². The van der Waals surface area contributed by atoms with Crippen LogP contribution < -0.4 is 5.32 Å². The molecule has 0 radical (unpaired) electrons. The van der Waals surface area contributed by atoms with Crippen molar-refractivity contribution in [3.63, 3.8) is 0 Å². The number of hydrogen-bond donors (Lipinski definition) is 2. The lowest BCUT2D eigenvalue weighted by Crippen LogP contribution is -2.40. The molecule has 0 saturated carbocycles. The average molecular weight is 304 g/mol. The van der Waals surface area contributed by atoms with Crippen molar-refractivity contribution < 1.29 is 27.9 Å². The molecule has 5 nitrogen and oxygen atoms in total. The second-order valence-corrected chi connectivity index (χ2v) is 4.55. The van der Waals surface area contributed by atoms with Gasteiger partial charge >= 0.3 is 12.1 Å². The second kappa shape index (κ2) is 6.57. The molecule has 0 fully saturated rings. The number of benzene rings is 1. The predicted octanol–water partition coefficient (Wildman–Crippen LogP) is 2.05. The van der Waals surface area contributed by atoms with Gasteiger partial charge in [-0.1, -0.05) is 0 Å². The SMILES string of the molecule is CC(C(=O)O)N(C)CC(=O)Nc1ccc(C(F)(F)F)cc1. The summed E-state index contributed by atoms with van der Waals surface area (Å²) >= 11 is 0. The van der Waals surface area contributed by atoms with Crippen LogP contribution >= 0.6 is 0 Å². The quantitative estimate of drug-likeness (QED) is 0.873. The number of alkyl halides is 3. The van der Waals surface area contributed by atoms with Crippen LogP contribution in [0, 0.1) is 0 Å². The van der Waals surface area contributed by atoms with E-state index in [0.717, 1.165) is 24.3 Å². The van der Waals surface area contributed by atoms with Crippen LogP contribution in [0.5, 0.6) is 0 Å². The fourth-order valence-corrected chi connectivity index (χ4v) is 1.50. The highest BCUT2D eigenvalue weighted by Crippen LogP contribution is 2.29. The molecule has 0 spiro atoms. The minimum atomic E-state index is -4.43. The zero-order valence-corrected chi connectivity index (χ0v) is 11.4. The lowest BCUT2D eigenvalue weighted by atomic mass is 10.2. The molecule has 1 aromatic rings. The van der Waals surface area contributed by atoms with E-state index in [-0.39, 0.29) is 12.2 Å². The number of nitrogens with zero attached hydrogens (tertiary/aromatic N) is 1. The topological polar surface area (TPSA) is 69.6 Å². The van der Waals surface area contributed by atoms with Gasteiger partial charge in [0.15, 0.2) is 0 Å². The summed E-state index contributed by atoms with van der Waals surface area (Å²) in [4.78, 5) is 23.7. The Morgan fingerprint density at radius 3 is 2.24 bits per heavy atom. The molecule has 0 heterocycles. The smallest absolute Gasteiger partial charge is 0.416 e. The molecule has 0 aliphatic rings. The van der Waals surface area contributed by atoms with Crippen LogP contribution in [0.1, 0.15) is 12.5 Å². The molecule has 8 heteroatoms. The molecule has 0 bridgehead atoms. The molecular weight excluding hydrogens is 289 g/mol. The van der Waals surface area contributed by atoms with Crippen molar-refractivity contribution >= 4 is 17.6 Å². The lowest BCUT2D eigenvalue weighted by molar-refractivity contribution is -0.142. The first-order chi connectivity index (χ1) is 9.61. The summed E-state index contributed by atoms with van der Waals surface area (Å²) in [6, 6.07) is 3.16. The van der Waals surface area contributed by atoms with Crippen molar-refractivity contribution in [2.75, 3.05) is 18.9 Å². The first-order valence-electron chi connectivity index (χ1n) is 6.01. The second-order valence-electron chi connectivity index (χ2n) is 4.55. The zero-order chi connectivity index (χ0) is 16.2. The summed E-state index contributed by atoms with van der Waals surface area (Å²) in [6.45, 7) is 1.24. The standard InChI is InChI=1S/C13H15F3N2O3/c1-8(12(20)21)18(2)7-11(19)17-10-5-3-9(4-6-10)13(14,15)16/h3-6,8H,7H2,1-2H3,(H,17,19)(H,20,21). The van der Waals surface area contributed by atoms with Crippen LogP contribution in [-0.2, 0) is 15.8 Å². The highest BCUT2D eigenvalue weighted by molar-refractivity contribution is 5.92. The van der Waals surface area contributed by atoms with Gasteiger partial charge in [0.2, 0.25) is 5.91 Å². The van der Waals surface area contributed by atoms with Crippen molar-refractivity contribution in [1.29, 1.82) is 0 Å². The Labute approximate surface area is 119 Å². The van der Waals surface area contributed by atoms with Crippen LogP contribution in [0.25, 0.3) is 0 Å². The van der Waals surface area contributed by atoms with E-state index in [4.69, 9.17) is 5.11 Å². The number of carbonyl (C=O) groups is 2. The molecule has 21 heavy (non-hydrogen) atoms. The number of likely N-dealkylation sites (N-methyl/N-ethyl adjacent to an activating group) is 1. The number of halogens is 3. The normalized spacial score (nSPS) is 13.0. The highest BCUT2D eigenvalue weighted by atomic mass is 19.4. The number of nitrogens with one attached hydrogen (secondary N) is 1. The van der Waals surface area contributed by atoms with Gasteiger partial charge in [-0.2, -0.15) is 13.2 Å². The van der Waals surface area contributed by atoms with E-state index in [1.807, 2.05) is 0 Å². The van der Waals surface area contributed by atoms with Crippen molar-refractivity contribution in [3.05, 3.63) is 29.8 Å². The van der Waals surface area contributed by atoms with Crippen molar-refractivity contribution in [2.24, 2.45) is 0 Å². The van der Waals surface area contributed by atoms with E-state index in [2.05, 4.69) is 5.32 Å². The maximum atomic E-state index is 12.4. The molecule has 1 amide bonds. The highest BCUT2D eigenvalue weighted by Gasteiger charge is 2.30. The predicted molar refractivity (Wildman–Crippen MR) is 69.8 cm³/mol. The lowest BCUT2D eigenvalue weighted by Gasteiger charge is -2.20. The third-order valence-corrected chi connectivity index (χ3v) is 2.91. The minimum Gasteiger partial charge on any atom is -0.480 e. The fraction of sp³-hybridized carbons (Fsp3) is 0.385. The number of carboxylic acids is 1. The molecule has 0 aromatic heterocycles. The number of rotatable bonds is 5. The molecule has 0 aliphatic heterocycles. The summed E-state index contributed by atoms with van der Waals surface area (Å²) in [6.07, 6.45) is -4.43. The van der Waals surface area contributed by atoms with Gasteiger partial charge in [0.1, 0.15) is 6.04 Å². The largest absolute Gasteiger partial charge is 0.480 e. The number of aliphatic carboxylic acids is 1. The van der Waals surface area contributed by atoms with E-state index >= 15 is 0 Å². The van der Waals surface area contributed by atoms with Gasteiger partial charge < -0.3 is 10.4 Å². The zero-order valence-electron chi connectivity index (χ0n) is 11.4. The Hall–Kier alpha value is -2.09. The van der Waals surface area contributed by atoms with E-state index < -0.39 is 29.7 Å². The monoisotopic (exact) mass is 304 g/mol. The summed E-state index contributed by atoms with van der Waals surface area (Å²) in [5.41, 5.74) is -0.596. The number of carbonyl (C=O) groups excluding carboxylic acids is 1. The molecule has 116 valence electrons. The molecule has 0 saturated heterocycles. The van der Waals surface area contributed by atoms with Crippen LogP contribution in [0.2, 0.25) is 0 Å². The Morgan fingerprint density at radius 2 is 1.81 bits per heavy atom. The molecule has 0 aliphatic carbocycles. The van der Waals surface area contributed by atoms with Crippen molar-refractivity contribution in [2.45, 2.75) is 19.1 Å². The molecule has 2 N–H and O–H groups in total. The average Bonchev–Trinajstić information content (AvgIpc) is 2.36. The maximum absolute atomic E-state index is 12.4. The number of anilines is 1. The number of amides is 1. The van der Waals surface area contributed by atoms with Gasteiger partial charge in [-0.15, -0.1) is 0 Å². The first-order valence-corrected chi connectivity index (χ1v) is 6.01. The summed E-state index contributed by atoms with van der Waals surface area (Å²) < 4.78 is 37.1. The van der Waals surface area contributed by atoms with Gasteiger partial charge in [-0.25, -0.2) is 0 Å². The van der Waals surface area contributed by atoms with Gasteiger partial charge in [-0.05, 0) is 38.2 Å². The summed E-state index contributed by atoms with van der Waals surface area (Å²) in [7, 11) is 1.46. The Bertz CT molecular complexity index is 514. The maximum Gasteiger partial charge on any atom is 0.416 e. The fourth-order valence-electron chi connectivity index (χ4n) is 1.50. The molecule has 1 atom stereocenters. The van der Waals surface area contributed by atoms with Crippen LogP contribution in [0.3, 0.4) is 0 Å². The molecular formula is C13H15F3N2O3. The first kappa shape index (κ1) is 17.0. The molecule has 1 unspecified atom stereocenters. The third-order valence-electron chi connectivity index (χ3n) is 2.91. The van der Waals surface area contributed by atoms with Crippen molar-refractivity contribution in [1.82, 2.24) is 4.90 Å². The Morgan fingerprint density at radius 1 is 1.29 bits per heavy atom. The van der Waals surface area contributed by atoms with Crippen molar-refractivity contribution in [3.8, 4) is 0 Å². The summed E-state index contributed by atoms with van der Waals surface area (Å²) in [5.74, 6) is -1.58. The van der Waals surface area contributed by atoms with Gasteiger partial charge in [0.25, 0.3) is 0 Å². The number of carboxylic acid groups (broad SMARTS) is 1. The Balaban J connectivity index is 2.61. The van der Waals surface area contributed by atoms with Crippen LogP contribution in [0.4, 0.5) is 18.9 Å². The van der Waals surface area contributed by atoms with E-state index in [0.29, 0.717) is 0 Å². The van der Waals surface area contributed by atoms with E-state index in [9.17, 15) is 22.8 Å². The third kappa shape index (κ3) is 5.07. The number of hydrogen-bond acceptors (Lipinski definition) is 3.